The molecule has 0 saturated carbocycles. The molecule has 2 unspecified atom stereocenters. The highest BCUT2D eigenvalue weighted by molar-refractivity contribution is 5.78. The van der Waals surface area contributed by atoms with Crippen LogP contribution in [-0.2, 0) is 4.79 Å². The van der Waals surface area contributed by atoms with Gasteiger partial charge in [0.1, 0.15) is 5.54 Å². The van der Waals surface area contributed by atoms with Gasteiger partial charge in [-0.15, -0.1) is 0 Å². The number of nitrogens with one attached hydrogen (secondary N) is 1. The van der Waals surface area contributed by atoms with Crippen LogP contribution in [0.4, 0.5) is 0 Å². The fourth-order valence-corrected chi connectivity index (χ4v) is 0.975. The molecular formula is C7H16N2O3. The normalized spacial score (nSPS) is 18.3. The summed E-state index contributed by atoms with van der Waals surface area (Å²) < 4.78 is 0. The van der Waals surface area contributed by atoms with Crippen molar-refractivity contribution in [2.75, 3.05) is 0 Å². The first-order valence-corrected chi connectivity index (χ1v) is 3.88. The molecule has 0 fully saturated rings. The molecule has 5 nitrogen and oxygen atoms in total. The van der Waals surface area contributed by atoms with Crippen molar-refractivity contribution in [2.24, 2.45) is 5.73 Å². The molecule has 0 aliphatic heterocycles. The molecule has 0 aliphatic carbocycles. The van der Waals surface area contributed by atoms with Crippen molar-refractivity contribution in [1.29, 1.82) is 0 Å². The molecule has 0 rings (SSSR count). The molecule has 72 valence electrons. The van der Waals surface area contributed by atoms with Crippen molar-refractivity contribution in [3.05, 3.63) is 0 Å². The Balaban J connectivity index is 4.23. The van der Waals surface area contributed by atoms with E-state index in [1.807, 2.05) is 5.48 Å². The van der Waals surface area contributed by atoms with Crippen LogP contribution in [0.2, 0.25) is 0 Å². The summed E-state index contributed by atoms with van der Waals surface area (Å²) >= 11 is 0. The van der Waals surface area contributed by atoms with E-state index in [9.17, 15) is 4.79 Å². The van der Waals surface area contributed by atoms with Crippen molar-refractivity contribution >= 4 is 5.97 Å². The first kappa shape index (κ1) is 11.4. The van der Waals surface area contributed by atoms with Gasteiger partial charge in [0.25, 0.3) is 0 Å². The Morgan fingerprint density at radius 2 is 2.25 bits per heavy atom. The highest BCUT2D eigenvalue weighted by Gasteiger charge is 2.33. The fourth-order valence-electron chi connectivity index (χ4n) is 0.975. The molecule has 0 bridgehead atoms. The number of carbonyl (C=O) groups is 1. The second kappa shape index (κ2) is 4.39. The topological polar surface area (TPSA) is 95.6 Å². The molecule has 0 aromatic carbocycles. The molecule has 0 spiro atoms. The number of hydroxylamine groups is 1. The minimum atomic E-state index is -1.24. The Hall–Kier alpha value is -0.650. The first-order valence-electron chi connectivity index (χ1n) is 3.88. The average Bonchev–Trinajstić information content (AvgIpc) is 2.03. The van der Waals surface area contributed by atoms with Gasteiger partial charge >= 0.3 is 5.97 Å². The van der Waals surface area contributed by atoms with Gasteiger partial charge in [-0.1, -0.05) is 6.92 Å². The lowest BCUT2D eigenvalue weighted by atomic mass is 9.90. The van der Waals surface area contributed by atoms with E-state index in [0.717, 1.165) is 0 Å². The van der Waals surface area contributed by atoms with E-state index in [1.54, 1.807) is 13.8 Å². The number of aliphatic carboxylic acids is 1. The molecule has 0 radical (unpaired) electrons. The maximum Gasteiger partial charge on any atom is 0.323 e. The van der Waals surface area contributed by atoms with Gasteiger partial charge in [-0.2, -0.15) is 0 Å². The molecule has 12 heavy (non-hydrogen) atoms. The Kier molecular flexibility index (Phi) is 4.16. The van der Waals surface area contributed by atoms with Gasteiger partial charge < -0.3 is 16.0 Å². The molecule has 0 aromatic rings. The quantitative estimate of drug-likeness (QED) is 0.440. The Morgan fingerprint density at radius 1 is 1.75 bits per heavy atom. The predicted molar refractivity (Wildman–Crippen MR) is 43.8 cm³/mol. The number of carboxylic acids is 1. The fraction of sp³-hybridized carbons (Fsp3) is 0.857. The monoisotopic (exact) mass is 176 g/mol. The highest BCUT2D eigenvalue weighted by atomic mass is 16.5. The molecule has 0 aliphatic rings. The predicted octanol–water partition coefficient (Wildman–Crippen LogP) is -0.0641. The second-order valence-electron chi connectivity index (χ2n) is 3.05. The summed E-state index contributed by atoms with van der Waals surface area (Å²) in [5.74, 6) is -1.04. The molecule has 5 heteroatoms. The molecule has 2 atom stereocenters. The standard InChI is InChI=1S/C7H16N2O3/c1-3-7(8,6(10)11)4-5(2)9-12/h5,9,12H,3-4,8H2,1-2H3,(H,10,11). The van der Waals surface area contributed by atoms with Crippen molar-refractivity contribution in [2.45, 2.75) is 38.3 Å². The zero-order chi connectivity index (χ0) is 9.78. The van der Waals surface area contributed by atoms with Gasteiger partial charge in [0.15, 0.2) is 0 Å². The summed E-state index contributed by atoms with van der Waals surface area (Å²) in [5, 5.41) is 17.2. The van der Waals surface area contributed by atoms with Crippen LogP contribution in [0.3, 0.4) is 0 Å². The van der Waals surface area contributed by atoms with Gasteiger partial charge in [-0.25, -0.2) is 5.48 Å². The van der Waals surface area contributed by atoms with Crippen molar-refractivity contribution in [1.82, 2.24) is 5.48 Å². The summed E-state index contributed by atoms with van der Waals surface area (Å²) in [6, 6.07) is -0.314. The van der Waals surface area contributed by atoms with Gasteiger partial charge in [0, 0.05) is 6.04 Å². The molecule has 0 saturated heterocycles. The van der Waals surface area contributed by atoms with E-state index >= 15 is 0 Å². The Morgan fingerprint density at radius 3 is 2.50 bits per heavy atom. The molecule has 0 amide bonds. The second-order valence-corrected chi connectivity index (χ2v) is 3.05. The van der Waals surface area contributed by atoms with Crippen LogP contribution in [-0.4, -0.2) is 27.9 Å². The van der Waals surface area contributed by atoms with Crippen LogP contribution in [0.5, 0.6) is 0 Å². The smallest absolute Gasteiger partial charge is 0.323 e. The van der Waals surface area contributed by atoms with Crippen molar-refractivity contribution in [3.8, 4) is 0 Å². The minimum absolute atomic E-state index is 0.204. The van der Waals surface area contributed by atoms with E-state index in [4.69, 9.17) is 16.0 Å². The highest BCUT2D eigenvalue weighted by Crippen LogP contribution is 2.14. The van der Waals surface area contributed by atoms with E-state index in [2.05, 4.69) is 0 Å². The molecule has 0 aromatic heterocycles. The van der Waals surface area contributed by atoms with E-state index in [-0.39, 0.29) is 12.5 Å². The summed E-state index contributed by atoms with van der Waals surface area (Å²) in [5.41, 5.74) is 6.29. The molecule has 0 heterocycles. The SMILES string of the molecule is CCC(N)(CC(C)NO)C(=O)O. The Labute approximate surface area is 71.5 Å². The summed E-state index contributed by atoms with van der Waals surface area (Å²) in [4.78, 5) is 10.7. The zero-order valence-electron chi connectivity index (χ0n) is 7.37. The third kappa shape index (κ3) is 2.77. The van der Waals surface area contributed by atoms with Crippen LogP contribution in [0.25, 0.3) is 0 Å². The lowest BCUT2D eigenvalue weighted by Gasteiger charge is -2.25. The van der Waals surface area contributed by atoms with Crippen LogP contribution in [0, 0.1) is 0 Å². The summed E-state index contributed by atoms with van der Waals surface area (Å²) in [6.07, 6.45) is 0.545. The maximum atomic E-state index is 10.7. The third-order valence-electron chi connectivity index (χ3n) is 1.95. The minimum Gasteiger partial charge on any atom is -0.480 e. The lowest BCUT2D eigenvalue weighted by molar-refractivity contribution is -0.144. The average molecular weight is 176 g/mol. The van der Waals surface area contributed by atoms with Crippen LogP contribution in [0.1, 0.15) is 26.7 Å². The van der Waals surface area contributed by atoms with Gasteiger partial charge in [0.05, 0.1) is 0 Å². The number of hydrogen-bond donors (Lipinski definition) is 4. The van der Waals surface area contributed by atoms with Crippen LogP contribution >= 0.6 is 0 Å². The number of rotatable bonds is 5. The zero-order valence-corrected chi connectivity index (χ0v) is 7.37. The largest absolute Gasteiger partial charge is 0.480 e. The van der Waals surface area contributed by atoms with Crippen molar-refractivity contribution in [3.63, 3.8) is 0 Å². The van der Waals surface area contributed by atoms with Gasteiger partial charge in [0.2, 0.25) is 0 Å². The van der Waals surface area contributed by atoms with Gasteiger partial charge in [-0.05, 0) is 19.8 Å². The number of nitrogens with two attached hydrogens (primary N) is 1. The maximum absolute atomic E-state index is 10.7. The first-order chi connectivity index (χ1) is 5.46. The van der Waals surface area contributed by atoms with Crippen LogP contribution < -0.4 is 11.2 Å². The van der Waals surface area contributed by atoms with Gasteiger partial charge in [-0.3, -0.25) is 4.79 Å². The van der Waals surface area contributed by atoms with Crippen molar-refractivity contribution < 1.29 is 15.1 Å². The summed E-state index contributed by atoms with van der Waals surface area (Å²) in [7, 11) is 0. The molecular weight excluding hydrogens is 160 g/mol. The van der Waals surface area contributed by atoms with E-state index in [1.165, 1.54) is 0 Å². The van der Waals surface area contributed by atoms with E-state index < -0.39 is 11.5 Å². The third-order valence-corrected chi connectivity index (χ3v) is 1.95. The number of hydrogen-bond acceptors (Lipinski definition) is 4. The number of carboxylic acid groups (broad SMARTS) is 1. The van der Waals surface area contributed by atoms with Crippen LogP contribution in [0.15, 0.2) is 0 Å². The van der Waals surface area contributed by atoms with E-state index in [0.29, 0.717) is 6.42 Å². The Bertz CT molecular complexity index is 163. The lowest BCUT2D eigenvalue weighted by Crippen LogP contribution is -2.51. The summed E-state index contributed by atoms with van der Waals surface area (Å²) in [6.45, 7) is 3.37. The molecule has 5 N–H and O–H groups in total.